The molecule has 0 saturated heterocycles. The van der Waals surface area contributed by atoms with Crippen molar-refractivity contribution in [3.8, 4) is 0 Å². The highest BCUT2D eigenvalue weighted by molar-refractivity contribution is 7.64. The summed E-state index contributed by atoms with van der Waals surface area (Å²) in [7, 11) is 0.0472. The summed E-state index contributed by atoms with van der Waals surface area (Å²) in [6, 6.07) is 10.7. The first-order valence-electron chi connectivity index (χ1n) is 4.21. The molecule has 3 radical (unpaired) electrons. The fourth-order valence-corrected chi connectivity index (χ4v) is 2.61. The molecule has 0 amide bonds. The first-order chi connectivity index (χ1) is 5.84. The highest BCUT2D eigenvalue weighted by atomic mass is 31.1. The molecule has 1 atom stereocenters. The Labute approximate surface area is 84.4 Å². The average molecular weight is 189 g/mol. The summed E-state index contributed by atoms with van der Waals surface area (Å²) in [5.41, 5.74) is 0. The van der Waals surface area contributed by atoms with Crippen LogP contribution in [0.5, 0.6) is 0 Å². The first-order valence-corrected chi connectivity index (χ1v) is 6.19. The van der Waals surface area contributed by atoms with Crippen molar-refractivity contribution >= 4 is 21.6 Å². The second-order valence-corrected chi connectivity index (χ2v) is 5.19. The van der Waals surface area contributed by atoms with Gasteiger partial charge >= 0.3 is 0 Å². The number of rotatable bonds is 4. The van der Waals surface area contributed by atoms with Crippen LogP contribution in [0, 0.1) is 0 Å². The van der Waals surface area contributed by atoms with Gasteiger partial charge in [0.1, 0.15) is 0 Å². The number of allylic oxidation sites excluding steroid dienone is 1. The molecule has 0 heterocycles. The lowest BCUT2D eigenvalue weighted by Crippen LogP contribution is -2.00. The molecule has 0 unspecified atom stereocenters. The smallest absolute Gasteiger partial charge is 0 e. The Balaban J connectivity index is 0.00000144. The maximum absolute atomic E-state index is 3.74. The predicted octanol–water partition coefficient (Wildman–Crippen LogP) is 2.62. The third kappa shape index (κ3) is 4.29. The van der Waals surface area contributed by atoms with E-state index in [2.05, 4.69) is 43.6 Å². The van der Waals surface area contributed by atoms with Crippen LogP contribution in [0.3, 0.4) is 0 Å². The highest BCUT2D eigenvalue weighted by Gasteiger charge is 2.00. The van der Waals surface area contributed by atoms with E-state index < -0.39 is 0 Å². The van der Waals surface area contributed by atoms with Gasteiger partial charge in [0.05, 0.1) is 0 Å². The van der Waals surface area contributed by atoms with Crippen LogP contribution in [0.4, 0.5) is 0 Å². The average Bonchev–Trinajstić information content (AvgIpc) is 2.15. The monoisotopic (exact) mass is 189 g/mol. The van der Waals surface area contributed by atoms with E-state index >= 15 is 0 Å². The summed E-state index contributed by atoms with van der Waals surface area (Å²) in [5, 5.41) is 1.49. The molecule has 1 aromatic carbocycles. The van der Waals surface area contributed by atoms with Gasteiger partial charge in [0.25, 0.3) is 0 Å². The van der Waals surface area contributed by atoms with E-state index in [1.807, 2.05) is 6.08 Å². The van der Waals surface area contributed by atoms with Gasteiger partial charge in [0.2, 0.25) is 0 Å². The number of hydrogen-bond donors (Lipinski definition) is 0. The normalized spacial score (nSPS) is 11.5. The predicted molar refractivity (Wildman–Crippen MR) is 64.4 cm³/mol. The van der Waals surface area contributed by atoms with Crippen molar-refractivity contribution in [3.05, 3.63) is 43.0 Å². The quantitative estimate of drug-likeness (QED) is 0.388. The summed E-state index contributed by atoms with van der Waals surface area (Å²) < 4.78 is 0. The van der Waals surface area contributed by atoms with Crippen LogP contribution >= 0.6 is 7.92 Å². The maximum atomic E-state index is 3.74. The largest absolute Gasteiger partial charge is 0.103 e. The maximum Gasteiger partial charge on any atom is 0 e. The van der Waals surface area contributed by atoms with Gasteiger partial charge in [-0.25, -0.2) is 0 Å². The van der Waals surface area contributed by atoms with Gasteiger partial charge < -0.3 is 0 Å². The molecule has 0 fully saturated rings. The van der Waals surface area contributed by atoms with E-state index in [-0.39, 0.29) is 16.3 Å². The Hall–Kier alpha value is -0.545. The summed E-state index contributed by atoms with van der Waals surface area (Å²) in [4.78, 5) is 0. The minimum absolute atomic E-state index is 0. The van der Waals surface area contributed by atoms with Gasteiger partial charge in [-0.1, -0.05) is 44.3 Å². The molecule has 0 aliphatic rings. The Morgan fingerprint density at radius 3 is 2.46 bits per heavy atom. The minimum Gasteiger partial charge on any atom is -0.103 e. The van der Waals surface area contributed by atoms with E-state index in [0.29, 0.717) is 0 Å². The van der Waals surface area contributed by atoms with Gasteiger partial charge in [0.15, 0.2) is 0 Å². The molecule has 13 heavy (non-hydrogen) atoms. The Bertz CT molecular complexity index is 233. The zero-order valence-electron chi connectivity index (χ0n) is 8.11. The lowest BCUT2D eigenvalue weighted by atomic mass is 10.4. The standard InChI is InChI=1S/C11H15P.B/c1-3-4-10-12(2)11-8-6-5-7-9-11;/h3,5-9H,1,4,10H2,2H3;/t12-;/m0./s1. The van der Waals surface area contributed by atoms with Crippen LogP contribution in [0.2, 0.25) is 0 Å². The van der Waals surface area contributed by atoms with Crippen molar-refractivity contribution in [1.29, 1.82) is 0 Å². The van der Waals surface area contributed by atoms with Crippen LogP contribution in [-0.2, 0) is 0 Å². The Kier molecular flexibility index (Phi) is 6.63. The fourth-order valence-electron chi connectivity index (χ4n) is 1.10. The second-order valence-electron chi connectivity index (χ2n) is 2.83. The zero-order chi connectivity index (χ0) is 8.81. The van der Waals surface area contributed by atoms with Gasteiger partial charge in [0, 0.05) is 8.41 Å². The van der Waals surface area contributed by atoms with Crippen LogP contribution in [0.25, 0.3) is 0 Å². The van der Waals surface area contributed by atoms with Crippen molar-refractivity contribution in [2.45, 2.75) is 6.42 Å². The van der Waals surface area contributed by atoms with Gasteiger partial charge in [-0.15, -0.1) is 6.58 Å². The molecule has 67 valence electrons. The van der Waals surface area contributed by atoms with Gasteiger partial charge in [-0.2, -0.15) is 0 Å². The first kappa shape index (κ1) is 12.5. The van der Waals surface area contributed by atoms with Crippen molar-refractivity contribution in [2.75, 3.05) is 12.8 Å². The van der Waals surface area contributed by atoms with E-state index in [1.165, 1.54) is 11.5 Å². The molecule has 0 saturated carbocycles. The Morgan fingerprint density at radius 2 is 1.92 bits per heavy atom. The van der Waals surface area contributed by atoms with E-state index in [1.54, 1.807) is 0 Å². The molecule has 1 rings (SSSR count). The molecule has 0 nitrogen and oxygen atoms in total. The van der Waals surface area contributed by atoms with Crippen molar-refractivity contribution < 1.29 is 0 Å². The number of hydrogen-bond acceptors (Lipinski definition) is 0. The van der Waals surface area contributed by atoms with E-state index in [0.717, 1.165) is 6.42 Å². The highest BCUT2D eigenvalue weighted by Crippen LogP contribution is 2.29. The molecule has 1 aromatic rings. The van der Waals surface area contributed by atoms with Gasteiger partial charge in [-0.3, -0.25) is 0 Å². The third-order valence-corrected chi connectivity index (χ3v) is 3.97. The summed E-state index contributed by atoms with van der Waals surface area (Å²) in [6.45, 7) is 6.06. The SMILES string of the molecule is C=CCC[P@](C)c1ccccc1.[B]. The molecule has 0 aliphatic carbocycles. The van der Waals surface area contributed by atoms with Crippen LogP contribution < -0.4 is 5.30 Å². The molecular formula is C11H15BP. The second kappa shape index (κ2) is 6.92. The molecule has 0 spiro atoms. The molecular weight excluding hydrogens is 174 g/mol. The topological polar surface area (TPSA) is 0 Å². The lowest BCUT2D eigenvalue weighted by Gasteiger charge is -2.10. The summed E-state index contributed by atoms with van der Waals surface area (Å²) in [5.74, 6) is 0. The summed E-state index contributed by atoms with van der Waals surface area (Å²) >= 11 is 0. The molecule has 0 aliphatic heterocycles. The van der Waals surface area contributed by atoms with E-state index in [9.17, 15) is 0 Å². The zero-order valence-corrected chi connectivity index (χ0v) is 9.00. The third-order valence-electron chi connectivity index (χ3n) is 1.87. The van der Waals surface area contributed by atoms with Crippen LogP contribution in [0.1, 0.15) is 6.42 Å². The van der Waals surface area contributed by atoms with Crippen LogP contribution in [-0.4, -0.2) is 21.2 Å². The Morgan fingerprint density at radius 1 is 1.31 bits per heavy atom. The van der Waals surface area contributed by atoms with Gasteiger partial charge in [-0.05, 0) is 24.6 Å². The summed E-state index contributed by atoms with van der Waals surface area (Å²) in [6.07, 6.45) is 4.40. The van der Waals surface area contributed by atoms with E-state index in [4.69, 9.17) is 0 Å². The molecule has 0 N–H and O–H groups in total. The minimum atomic E-state index is 0. The van der Waals surface area contributed by atoms with Crippen LogP contribution in [0.15, 0.2) is 43.0 Å². The molecule has 0 aromatic heterocycles. The number of benzene rings is 1. The van der Waals surface area contributed by atoms with Crippen molar-refractivity contribution in [1.82, 2.24) is 0 Å². The lowest BCUT2D eigenvalue weighted by molar-refractivity contribution is 1.24. The van der Waals surface area contributed by atoms with Crippen molar-refractivity contribution in [3.63, 3.8) is 0 Å². The fraction of sp³-hybridized carbons (Fsp3) is 0.273. The van der Waals surface area contributed by atoms with Crippen molar-refractivity contribution in [2.24, 2.45) is 0 Å². The molecule has 2 heteroatoms. The molecule has 0 bridgehead atoms.